The van der Waals surface area contributed by atoms with Gasteiger partial charge in [0, 0.05) is 23.9 Å². The lowest BCUT2D eigenvalue weighted by Crippen LogP contribution is -2.21. The fraction of sp³-hybridized carbons (Fsp3) is 0.100. The highest BCUT2D eigenvalue weighted by atomic mass is 19.1. The second-order valence-electron chi connectivity index (χ2n) is 6.17. The molecule has 0 aliphatic rings. The third kappa shape index (κ3) is 4.47. The summed E-state index contributed by atoms with van der Waals surface area (Å²) in [6.07, 6.45) is 0. The lowest BCUT2D eigenvalue weighted by Gasteiger charge is -2.09. The van der Waals surface area contributed by atoms with Crippen LogP contribution in [0.2, 0.25) is 0 Å². The zero-order chi connectivity index (χ0) is 20.3. The molecule has 0 saturated heterocycles. The van der Waals surface area contributed by atoms with E-state index in [-0.39, 0.29) is 23.1 Å². The van der Waals surface area contributed by atoms with Crippen molar-refractivity contribution in [2.24, 2.45) is 0 Å². The average Bonchev–Trinajstić information content (AvgIpc) is 2.63. The number of aromatic amines is 1. The van der Waals surface area contributed by atoms with Crippen LogP contribution >= 0.6 is 0 Å². The van der Waals surface area contributed by atoms with Crippen LogP contribution in [0.4, 0.5) is 15.8 Å². The first-order valence-electron chi connectivity index (χ1n) is 8.39. The average molecular weight is 380 g/mol. The van der Waals surface area contributed by atoms with E-state index in [0.29, 0.717) is 22.5 Å². The number of carbonyl (C=O) groups excluding carboxylic acids is 2. The summed E-state index contributed by atoms with van der Waals surface area (Å²) in [5, 5.41) is 5.27. The van der Waals surface area contributed by atoms with E-state index in [0.717, 1.165) is 0 Å². The molecule has 0 bridgehead atoms. The number of aromatic nitrogens is 2. The highest BCUT2D eigenvalue weighted by Crippen LogP contribution is 2.20. The number of hydrogen-bond acceptors (Lipinski definition) is 4. The predicted molar refractivity (Wildman–Crippen MR) is 104 cm³/mol. The van der Waals surface area contributed by atoms with E-state index in [1.807, 2.05) is 0 Å². The molecule has 0 atom stereocenters. The Morgan fingerprint density at radius 3 is 2.43 bits per heavy atom. The van der Waals surface area contributed by atoms with E-state index in [1.165, 1.54) is 25.1 Å². The molecule has 2 aromatic carbocycles. The van der Waals surface area contributed by atoms with E-state index in [1.54, 1.807) is 37.3 Å². The number of anilines is 2. The zero-order valence-corrected chi connectivity index (χ0v) is 15.2. The number of H-pyrrole nitrogens is 1. The van der Waals surface area contributed by atoms with Gasteiger partial charge in [-0.05, 0) is 55.0 Å². The summed E-state index contributed by atoms with van der Waals surface area (Å²) in [4.78, 5) is 41.8. The Hall–Kier alpha value is -3.81. The number of hydrogen-bond donors (Lipinski definition) is 3. The molecular formula is C20H17FN4O3. The summed E-state index contributed by atoms with van der Waals surface area (Å²) >= 11 is 0. The number of carbonyl (C=O) groups is 2. The molecule has 2 amide bonds. The number of aryl methyl sites for hydroxylation is 1. The van der Waals surface area contributed by atoms with Crippen LogP contribution in [0, 0.1) is 12.7 Å². The molecule has 3 N–H and O–H groups in total. The fourth-order valence-electron chi connectivity index (χ4n) is 2.61. The molecule has 8 heteroatoms. The SMILES string of the molecule is CC(=O)Nc1cccc(NC(=O)c2cc(-c3ccc(F)c(C)c3)nc(=O)[nH]2)c1. The van der Waals surface area contributed by atoms with E-state index in [2.05, 4.69) is 20.6 Å². The topological polar surface area (TPSA) is 104 Å². The molecule has 0 spiro atoms. The van der Waals surface area contributed by atoms with Crippen LogP contribution in [0.3, 0.4) is 0 Å². The van der Waals surface area contributed by atoms with Gasteiger partial charge in [0.05, 0.1) is 5.69 Å². The molecule has 0 fully saturated rings. The van der Waals surface area contributed by atoms with Gasteiger partial charge in [-0.1, -0.05) is 6.07 Å². The number of amides is 2. The van der Waals surface area contributed by atoms with Crippen LogP contribution in [0.15, 0.2) is 53.3 Å². The Morgan fingerprint density at radius 1 is 1.04 bits per heavy atom. The third-order valence-corrected chi connectivity index (χ3v) is 3.88. The minimum absolute atomic E-state index is 0.00177. The largest absolute Gasteiger partial charge is 0.346 e. The quantitative estimate of drug-likeness (QED) is 0.647. The van der Waals surface area contributed by atoms with E-state index < -0.39 is 11.6 Å². The molecule has 0 radical (unpaired) electrons. The maximum Gasteiger partial charge on any atom is 0.346 e. The Kier molecular flexibility index (Phi) is 5.30. The lowest BCUT2D eigenvalue weighted by atomic mass is 10.1. The number of halogens is 1. The van der Waals surface area contributed by atoms with Gasteiger partial charge in [-0.25, -0.2) is 9.18 Å². The van der Waals surface area contributed by atoms with Crippen molar-refractivity contribution in [3.63, 3.8) is 0 Å². The monoisotopic (exact) mass is 380 g/mol. The molecule has 0 saturated carbocycles. The van der Waals surface area contributed by atoms with Crippen LogP contribution in [0.1, 0.15) is 23.0 Å². The minimum Gasteiger partial charge on any atom is -0.326 e. The van der Waals surface area contributed by atoms with Crippen molar-refractivity contribution in [2.75, 3.05) is 10.6 Å². The normalized spacial score (nSPS) is 10.4. The van der Waals surface area contributed by atoms with Gasteiger partial charge >= 0.3 is 5.69 Å². The first kappa shape index (κ1) is 19.0. The first-order valence-corrected chi connectivity index (χ1v) is 8.39. The zero-order valence-electron chi connectivity index (χ0n) is 15.2. The molecule has 142 valence electrons. The smallest absolute Gasteiger partial charge is 0.326 e. The number of nitrogens with one attached hydrogen (secondary N) is 3. The van der Waals surface area contributed by atoms with Crippen molar-refractivity contribution in [3.8, 4) is 11.3 Å². The maximum absolute atomic E-state index is 13.5. The Bertz CT molecular complexity index is 1120. The van der Waals surface area contributed by atoms with Gasteiger partial charge in [-0.3, -0.25) is 9.59 Å². The molecule has 1 heterocycles. The molecule has 7 nitrogen and oxygen atoms in total. The first-order chi connectivity index (χ1) is 13.3. The molecule has 0 aliphatic heterocycles. The van der Waals surface area contributed by atoms with E-state index >= 15 is 0 Å². The Balaban J connectivity index is 1.88. The highest BCUT2D eigenvalue weighted by Gasteiger charge is 2.12. The van der Waals surface area contributed by atoms with Crippen LogP contribution in [-0.4, -0.2) is 21.8 Å². The number of benzene rings is 2. The molecule has 0 unspecified atom stereocenters. The van der Waals surface area contributed by atoms with Gasteiger partial charge in [0.1, 0.15) is 11.5 Å². The highest BCUT2D eigenvalue weighted by molar-refractivity contribution is 6.03. The van der Waals surface area contributed by atoms with Crippen LogP contribution in [0.5, 0.6) is 0 Å². The van der Waals surface area contributed by atoms with E-state index in [4.69, 9.17) is 0 Å². The summed E-state index contributed by atoms with van der Waals surface area (Å²) in [7, 11) is 0. The van der Waals surface area contributed by atoms with Gasteiger partial charge in [-0.15, -0.1) is 0 Å². The van der Waals surface area contributed by atoms with Gasteiger partial charge in [0.15, 0.2) is 0 Å². The van der Waals surface area contributed by atoms with Crippen molar-refractivity contribution >= 4 is 23.2 Å². The van der Waals surface area contributed by atoms with E-state index in [9.17, 15) is 18.8 Å². The van der Waals surface area contributed by atoms with Gasteiger partial charge in [0.2, 0.25) is 5.91 Å². The molecule has 0 aliphatic carbocycles. The second kappa shape index (κ2) is 7.83. The predicted octanol–water partition coefficient (Wildman–Crippen LogP) is 3.10. The van der Waals surface area contributed by atoms with Crippen molar-refractivity contribution in [2.45, 2.75) is 13.8 Å². The second-order valence-corrected chi connectivity index (χ2v) is 6.17. The van der Waals surface area contributed by atoms with Gasteiger partial charge in [-0.2, -0.15) is 4.98 Å². The molecule has 3 aromatic rings. The summed E-state index contributed by atoms with van der Waals surface area (Å²) in [6.45, 7) is 2.98. The lowest BCUT2D eigenvalue weighted by molar-refractivity contribution is -0.114. The van der Waals surface area contributed by atoms with Crippen molar-refractivity contribution in [3.05, 3.63) is 76.1 Å². The van der Waals surface area contributed by atoms with Gasteiger partial charge in [0.25, 0.3) is 5.91 Å². The maximum atomic E-state index is 13.5. The molecule has 1 aromatic heterocycles. The van der Waals surface area contributed by atoms with Crippen molar-refractivity contribution in [1.29, 1.82) is 0 Å². The van der Waals surface area contributed by atoms with Crippen LogP contribution < -0.4 is 16.3 Å². The summed E-state index contributed by atoms with van der Waals surface area (Å²) < 4.78 is 13.5. The van der Waals surface area contributed by atoms with Crippen molar-refractivity contribution < 1.29 is 14.0 Å². The standard InChI is InChI=1S/C20H17FN4O3/c1-11-8-13(6-7-16(11)21)17-10-18(25-20(28)24-17)19(27)23-15-5-3-4-14(9-15)22-12(2)26/h3-10H,1-2H3,(H,22,26)(H,23,27)(H,24,25,28). The minimum atomic E-state index is -0.698. The number of rotatable bonds is 4. The van der Waals surface area contributed by atoms with Crippen LogP contribution in [-0.2, 0) is 4.79 Å². The third-order valence-electron chi connectivity index (χ3n) is 3.88. The molecular weight excluding hydrogens is 363 g/mol. The van der Waals surface area contributed by atoms with Crippen LogP contribution in [0.25, 0.3) is 11.3 Å². The fourth-order valence-corrected chi connectivity index (χ4v) is 2.61. The molecule has 3 rings (SSSR count). The molecule has 28 heavy (non-hydrogen) atoms. The Labute approximate surface area is 159 Å². The Morgan fingerprint density at radius 2 is 1.75 bits per heavy atom. The number of nitrogens with zero attached hydrogens (tertiary/aromatic N) is 1. The summed E-state index contributed by atoms with van der Waals surface area (Å²) in [5.74, 6) is -1.16. The summed E-state index contributed by atoms with van der Waals surface area (Å²) in [5.41, 5.74) is 1.44. The van der Waals surface area contributed by atoms with Gasteiger partial charge < -0.3 is 15.6 Å². The summed E-state index contributed by atoms with van der Waals surface area (Å²) in [6, 6.07) is 12.3. The van der Waals surface area contributed by atoms with Crippen molar-refractivity contribution in [1.82, 2.24) is 9.97 Å².